The summed E-state index contributed by atoms with van der Waals surface area (Å²) < 4.78 is 110. The molecule has 0 N–H and O–H groups in total. The number of benzene rings is 5. The molecule has 0 aliphatic carbocycles. The SMILES string of the molecule is CCOc1cc([C@H](CS(C)(=O)=O)n2c(=O)n(CC#N)c3cc(-c4cccc(CCOc5cc([C@H](CS(C)(=O)=O)n6c(=O)n(CC#N)c7cc(F)ccc76)ccc5OC)c4F)ccc32)ccc1OC. The maximum absolute atomic E-state index is 16.6. The number of fused-ring (bicyclic) bond motifs is 2. The lowest BCUT2D eigenvalue weighted by molar-refractivity contribution is 0.295. The number of aromatic nitrogens is 4. The summed E-state index contributed by atoms with van der Waals surface area (Å²) in [7, 11) is -4.59. The summed E-state index contributed by atoms with van der Waals surface area (Å²) in [5, 5.41) is 19.3. The predicted molar refractivity (Wildman–Crippen MR) is 251 cm³/mol. The number of sulfone groups is 2. The van der Waals surface area contributed by atoms with Crippen molar-refractivity contribution in [2.45, 2.75) is 38.5 Å². The monoisotopic (exact) mass is 968 g/mol. The van der Waals surface area contributed by atoms with Gasteiger partial charge in [-0.2, -0.15) is 10.5 Å². The fourth-order valence-corrected chi connectivity index (χ4v) is 10.2. The molecule has 0 aliphatic heterocycles. The summed E-state index contributed by atoms with van der Waals surface area (Å²) in [4.78, 5) is 28.0. The summed E-state index contributed by atoms with van der Waals surface area (Å²) in [6.45, 7) is 1.18. The topological polar surface area (TPSA) is 207 Å². The summed E-state index contributed by atoms with van der Waals surface area (Å²) in [6, 6.07) is 24.3. The number of methoxy groups -OCH3 is 2. The van der Waals surface area contributed by atoms with Gasteiger partial charge in [-0.3, -0.25) is 18.3 Å². The molecule has 0 amide bonds. The van der Waals surface area contributed by atoms with Crippen molar-refractivity contribution in [2.75, 3.05) is 51.5 Å². The van der Waals surface area contributed by atoms with Crippen molar-refractivity contribution >= 4 is 41.7 Å². The Morgan fingerprint density at radius 2 is 1.15 bits per heavy atom. The molecule has 0 radical (unpaired) electrons. The van der Waals surface area contributed by atoms with Gasteiger partial charge in [-0.1, -0.05) is 36.4 Å². The van der Waals surface area contributed by atoms with Gasteiger partial charge in [0.15, 0.2) is 23.0 Å². The van der Waals surface area contributed by atoms with Gasteiger partial charge in [0.1, 0.15) is 44.4 Å². The van der Waals surface area contributed by atoms with E-state index in [-0.39, 0.29) is 58.7 Å². The zero-order chi connectivity index (χ0) is 49.1. The van der Waals surface area contributed by atoms with Crippen molar-refractivity contribution < 1.29 is 44.6 Å². The van der Waals surface area contributed by atoms with Crippen LogP contribution in [0.2, 0.25) is 0 Å². The molecule has 16 nitrogen and oxygen atoms in total. The van der Waals surface area contributed by atoms with Crippen LogP contribution < -0.4 is 30.3 Å². The zero-order valence-corrected chi connectivity index (χ0v) is 39.2. The van der Waals surface area contributed by atoms with E-state index in [1.54, 1.807) is 67.6 Å². The Balaban J connectivity index is 1.22. The van der Waals surface area contributed by atoms with Crippen LogP contribution >= 0.6 is 0 Å². The molecule has 2 atom stereocenters. The number of ether oxygens (including phenoxy) is 4. The average molecular weight is 969 g/mol. The van der Waals surface area contributed by atoms with Crippen molar-refractivity contribution in [1.29, 1.82) is 10.5 Å². The molecule has 354 valence electrons. The van der Waals surface area contributed by atoms with E-state index < -0.39 is 72.8 Å². The smallest absolute Gasteiger partial charge is 0.330 e. The molecular formula is C48H46F2N6O10S2. The number of nitriles is 2. The Morgan fingerprint density at radius 1 is 0.632 bits per heavy atom. The van der Waals surface area contributed by atoms with Crippen LogP contribution in [0.4, 0.5) is 8.78 Å². The molecule has 0 spiro atoms. The molecule has 0 aliphatic rings. The summed E-state index contributed by atoms with van der Waals surface area (Å²) in [6.07, 6.45) is 2.11. The van der Waals surface area contributed by atoms with E-state index in [1.165, 1.54) is 46.1 Å². The number of hydrogen-bond donors (Lipinski definition) is 0. The highest BCUT2D eigenvalue weighted by molar-refractivity contribution is 7.90. The Bertz CT molecular complexity index is 3510. The second-order valence-electron chi connectivity index (χ2n) is 16.0. The standard InChI is InChI=1S/C48H46F2N6O10S2/c1-6-65-44-25-32(11-16-42(44)63-2)40(28-67(4,59)60)55-36-14-10-31(24-38(36)53(21-19-51)47(55)57)35-9-7-8-30(46(35)50)18-23-66-45-26-33(12-17-43(45)64-3)41(29-68(5,61)62)56-37-15-13-34(49)27-39(37)54(22-20-52)48(56)58/h7-17,24-27,40-41H,6,18,21-23,28-29H2,1-5H3/t40-,41-/m0/s1. The first-order chi connectivity index (χ1) is 32.4. The van der Waals surface area contributed by atoms with Gasteiger partial charge in [-0.15, -0.1) is 0 Å². The van der Waals surface area contributed by atoms with Gasteiger partial charge in [-0.25, -0.2) is 35.2 Å². The third-order valence-electron chi connectivity index (χ3n) is 11.4. The molecule has 0 unspecified atom stereocenters. The van der Waals surface area contributed by atoms with Crippen molar-refractivity contribution in [2.24, 2.45) is 0 Å². The number of hydrogen-bond acceptors (Lipinski definition) is 12. The van der Waals surface area contributed by atoms with Crippen LogP contribution in [0.1, 0.15) is 35.7 Å². The Labute approximate surface area is 390 Å². The number of nitrogens with zero attached hydrogens (tertiary/aromatic N) is 6. The first-order valence-electron chi connectivity index (χ1n) is 21.0. The second kappa shape index (κ2) is 19.8. The average Bonchev–Trinajstić information content (AvgIpc) is 3.72. The van der Waals surface area contributed by atoms with E-state index in [2.05, 4.69) is 0 Å². The van der Waals surface area contributed by atoms with E-state index in [0.717, 1.165) is 29.2 Å². The number of imidazole rings is 2. The maximum atomic E-state index is 16.6. The van der Waals surface area contributed by atoms with E-state index in [0.29, 0.717) is 40.3 Å². The van der Waals surface area contributed by atoms with Crippen molar-refractivity contribution in [3.63, 3.8) is 0 Å². The van der Waals surface area contributed by atoms with Gasteiger partial charge in [0.05, 0.1) is 85.2 Å². The van der Waals surface area contributed by atoms with Crippen molar-refractivity contribution in [3.8, 4) is 46.3 Å². The lowest BCUT2D eigenvalue weighted by atomic mass is 10.00. The lowest BCUT2D eigenvalue weighted by Crippen LogP contribution is -2.31. The molecule has 0 bridgehead atoms. The van der Waals surface area contributed by atoms with Gasteiger partial charge >= 0.3 is 11.4 Å². The minimum atomic E-state index is -3.76. The van der Waals surface area contributed by atoms with Gasteiger partial charge < -0.3 is 18.9 Å². The molecule has 0 saturated heterocycles. The fourth-order valence-electron chi connectivity index (χ4n) is 8.41. The summed E-state index contributed by atoms with van der Waals surface area (Å²) in [5.74, 6) is -1.09. The van der Waals surface area contributed by atoms with E-state index in [4.69, 9.17) is 18.9 Å². The van der Waals surface area contributed by atoms with Crippen LogP contribution in [0.5, 0.6) is 23.0 Å². The minimum Gasteiger partial charge on any atom is -0.493 e. The molecule has 5 aromatic carbocycles. The third kappa shape index (κ3) is 9.97. The molecule has 0 fully saturated rings. The third-order valence-corrected chi connectivity index (χ3v) is 13.2. The molecule has 2 aromatic heterocycles. The summed E-state index contributed by atoms with van der Waals surface area (Å²) in [5.41, 5.74) is 1.07. The largest absolute Gasteiger partial charge is 0.493 e. The normalized spacial score (nSPS) is 12.7. The molecule has 7 rings (SSSR count). The van der Waals surface area contributed by atoms with E-state index in [9.17, 15) is 41.3 Å². The Hall–Kier alpha value is -7.42. The molecular weight excluding hydrogens is 923 g/mol. The highest BCUT2D eigenvalue weighted by Gasteiger charge is 2.29. The van der Waals surface area contributed by atoms with Crippen LogP contribution in [0, 0.1) is 34.3 Å². The Morgan fingerprint density at radius 3 is 1.65 bits per heavy atom. The highest BCUT2D eigenvalue weighted by Crippen LogP contribution is 2.36. The van der Waals surface area contributed by atoms with Crippen LogP contribution in [0.15, 0.2) is 101 Å². The zero-order valence-electron chi connectivity index (χ0n) is 37.6. The van der Waals surface area contributed by atoms with E-state index in [1.807, 2.05) is 12.1 Å². The van der Waals surface area contributed by atoms with Crippen molar-refractivity contribution in [3.05, 3.63) is 140 Å². The van der Waals surface area contributed by atoms with Crippen molar-refractivity contribution in [1.82, 2.24) is 18.3 Å². The Kier molecular flexibility index (Phi) is 14.1. The van der Waals surface area contributed by atoms with E-state index >= 15 is 4.39 Å². The number of halogens is 2. The highest BCUT2D eigenvalue weighted by atomic mass is 32.2. The van der Waals surface area contributed by atoms with Crippen LogP contribution in [-0.4, -0.2) is 86.6 Å². The van der Waals surface area contributed by atoms with Gasteiger partial charge in [0.25, 0.3) is 0 Å². The molecule has 7 aromatic rings. The summed E-state index contributed by atoms with van der Waals surface area (Å²) >= 11 is 0. The van der Waals surface area contributed by atoms with Crippen LogP contribution in [-0.2, 0) is 39.2 Å². The van der Waals surface area contributed by atoms with Crippen LogP contribution in [0.3, 0.4) is 0 Å². The molecule has 20 heteroatoms. The van der Waals surface area contributed by atoms with Gasteiger partial charge in [0.2, 0.25) is 0 Å². The van der Waals surface area contributed by atoms with Crippen LogP contribution in [0.25, 0.3) is 33.2 Å². The first-order valence-corrected chi connectivity index (χ1v) is 25.2. The molecule has 2 heterocycles. The van der Waals surface area contributed by atoms with Gasteiger partial charge in [-0.05, 0) is 83.8 Å². The quantitative estimate of drug-likeness (QED) is 0.0886. The first kappa shape index (κ1) is 48.5. The predicted octanol–water partition coefficient (Wildman–Crippen LogP) is 6.22. The number of rotatable bonds is 19. The minimum absolute atomic E-state index is 0.0308. The maximum Gasteiger partial charge on any atom is 0.330 e. The lowest BCUT2D eigenvalue weighted by Gasteiger charge is -2.21. The molecule has 0 saturated carbocycles. The molecule has 68 heavy (non-hydrogen) atoms. The van der Waals surface area contributed by atoms with Gasteiger partial charge in [0, 0.05) is 24.5 Å². The fraction of sp³-hybridized carbons (Fsp3) is 0.292. The second-order valence-corrected chi connectivity index (χ2v) is 20.3.